The SMILES string of the molecule is O=C(CC1CNCCO1)Nc1ccc2c(c1)NC(=O)CS2. The van der Waals surface area contributed by atoms with E-state index < -0.39 is 0 Å². The largest absolute Gasteiger partial charge is 0.375 e. The van der Waals surface area contributed by atoms with Gasteiger partial charge in [-0.25, -0.2) is 0 Å². The zero-order chi connectivity index (χ0) is 14.7. The Morgan fingerprint density at radius 3 is 3.19 bits per heavy atom. The van der Waals surface area contributed by atoms with Crippen LogP contribution >= 0.6 is 11.8 Å². The number of rotatable bonds is 3. The van der Waals surface area contributed by atoms with Crippen molar-refractivity contribution < 1.29 is 14.3 Å². The molecule has 2 heterocycles. The zero-order valence-corrected chi connectivity index (χ0v) is 12.3. The van der Waals surface area contributed by atoms with Crippen LogP contribution in [0.25, 0.3) is 0 Å². The topological polar surface area (TPSA) is 79.5 Å². The summed E-state index contributed by atoms with van der Waals surface area (Å²) < 4.78 is 5.51. The van der Waals surface area contributed by atoms with E-state index in [2.05, 4.69) is 16.0 Å². The molecule has 21 heavy (non-hydrogen) atoms. The van der Waals surface area contributed by atoms with E-state index in [1.54, 1.807) is 6.07 Å². The molecule has 2 amide bonds. The maximum absolute atomic E-state index is 12.0. The van der Waals surface area contributed by atoms with Gasteiger partial charge in [0.15, 0.2) is 0 Å². The third kappa shape index (κ3) is 3.75. The number of carbonyl (C=O) groups excluding carboxylic acids is 2. The molecule has 2 aliphatic rings. The molecule has 3 rings (SSSR count). The van der Waals surface area contributed by atoms with Gasteiger partial charge in [-0.05, 0) is 18.2 Å². The first kappa shape index (κ1) is 14.4. The lowest BCUT2D eigenvalue weighted by atomic mass is 10.2. The molecule has 0 bridgehead atoms. The fourth-order valence-electron chi connectivity index (χ4n) is 2.33. The number of fused-ring (bicyclic) bond motifs is 1. The molecular weight excluding hydrogens is 290 g/mol. The van der Waals surface area contributed by atoms with Gasteiger partial charge in [0.1, 0.15) is 0 Å². The average Bonchev–Trinajstić information content (AvgIpc) is 2.47. The number of hydrogen-bond donors (Lipinski definition) is 3. The predicted octanol–water partition coefficient (Wildman–Crippen LogP) is 1.05. The molecule has 1 fully saturated rings. The highest BCUT2D eigenvalue weighted by atomic mass is 32.2. The first-order valence-electron chi connectivity index (χ1n) is 6.89. The van der Waals surface area contributed by atoms with E-state index >= 15 is 0 Å². The van der Waals surface area contributed by atoms with Crippen LogP contribution in [0.4, 0.5) is 11.4 Å². The van der Waals surface area contributed by atoms with E-state index in [-0.39, 0.29) is 17.9 Å². The second kappa shape index (κ2) is 6.46. The van der Waals surface area contributed by atoms with Gasteiger partial charge in [0.2, 0.25) is 11.8 Å². The Bertz CT molecular complexity index is 558. The maximum atomic E-state index is 12.0. The Balaban J connectivity index is 1.60. The standard InChI is InChI=1S/C14H17N3O3S/c18-13(6-10-7-15-3-4-20-10)16-9-1-2-12-11(5-9)17-14(19)8-21-12/h1-2,5,10,15H,3-4,6-8H2,(H,16,18)(H,17,19). The normalized spacial score (nSPS) is 21.3. The van der Waals surface area contributed by atoms with E-state index in [1.807, 2.05) is 12.1 Å². The molecule has 3 N–H and O–H groups in total. The summed E-state index contributed by atoms with van der Waals surface area (Å²) >= 11 is 1.50. The van der Waals surface area contributed by atoms with Gasteiger partial charge < -0.3 is 20.7 Å². The number of morpholine rings is 1. The van der Waals surface area contributed by atoms with Crippen molar-refractivity contribution >= 4 is 35.0 Å². The number of hydrogen-bond acceptors (Lipinski definition) is 5. The van der Waals surface area contributed by atoms with Crippen molar-refractivity contribution in [2.24, 2.45) is 0 Å². The number of ether oxygens (including phenoxy) is 1. The molecule has 7 heteroatoms. The summed E-state index contributed by atoms with van der Waals surface area (Å²) in [5.74, 6) is 0.334. The Kier molecular flexibility index (Phi) is 4.42. The zero-order valence-electron chi connectivity index (χ0n) is 11.5. The third-order valence-corrected chi connectivity index (χ3v) is 4.39. The Labute approximate surface area is 127 Å². The Hall–Kier alpha value is -1.57. The van der Waals surface area contributed by atoms with Gasteiger partial charge in [0.25, 0.3) is 0 Å². The number of thioether (sulfide) groups is 1. The summed E-state index contributed by atoms with van der Waals surface area (Å²) in [6, 6.07) is 5.55. The average molecular weight is 307 g/mol. The van der Waals surface area contributed by atoms with Crippen LogP contribution in [0.1, 0.15) is 6.42 Å². The second-order valence-electron chi connectivity index (χ2n) is 5.00. The van der Waals surface area contributed by atoms with Gasteiger partial charge in [-0.2, -0.15) is 0 Å². The van der Waals surface area contributed by atoms with Gasteiger partial charge in [-0.1, -0.05) is 0 Å². The van der Waals surface area contributed by atoms with Crippen LogP contribution in [0.3, 0.4) is 0 Å². The molecular formula is C14H17N3O3S. The first-order chi connectivity index (χ1) is 10.2. The van der Waals surface area contributed by atoms with Gasteiger partial charge in [-0.15, -0.1) is 11.8 Å². The van der Waals surface area contributed by atoms with Crippen LogP contribution in [0.5, 0.6) is 0 Å². The maximum Gasteiger partial charge on any atom is 0.234 e. The fraction of sp³-hybridized carbons (Fsp3) is 0.429. The van der Waals surface area contributed by atoms with Crippen molar-refractivity contribution in [1.29, 1.82) is 0 Å². The van der Waals surface area contributed by atoms with E-state index in [4.69, 9.17) is 4.74 Å². The Morgan fingerprint density at radius 2 is 2.38 bits per heavy atom. The summed E-state index contributed by atoms with van der Waals surface area (Å²) in [5, 5.41) is 8.85. The summed E-state index contributed by atoms with van der Waals surface area (Å²) in [6.45, 7) is 2.17. The predicted molar refractivity (Wildman–Crippen MR) is 81.7 cm³/mol. The summed E-state index contributed by atoms with van der Waals surface area (Å²) in [5.41, 5.74) is 1.44. The van der Waals surface area contributed by atoms with Gasteiger partial charge in [-0.3, -0.25) is 9.59 Å². The number of benzene rings is 1. The highest BCUT2D eigenvalue weighted by Gasteiger charge is 2.19. The highest BCUT2D eigenvalue weighted by molar-refractivity contribution is 8.00. The third-order valence-electron chi connectivity index (χ3n) is 3.31. The minimum Gasteiger partial charge on any atom is -0.375 e. The molecule has 112 valence electrons. The molecule has 0 saturated carbocycles. The molecule has 1 aromatic rings. The minimum absolute atomic E-state index is 0.0161. The first-order valence-corrected chi connectivity index (χ1v) is 7.88. The molecule has 0 aromatic heterocycles. The van der Waals surface area contributed by atoms with Crippen molar-refractivity contribution in [1.82, 2.24) is 5.32 Å². The number of nitrogens with one attached hydrogen (secondary N) is 3. The van der Waals surface area contributed by atoms with Crippen LogP contribution in [-0.4, -0.2) is 43.4 Å². The lowest BCUT2D eigenvalue weighted by Crippen LogP contribution is -2.40. The molecule has 1 saturated heterocycles. The fourth-order valence-corrected chi connectivity index (χ4v) is 3.12. The number of amides is 2. The quantitative estimate of drug-likeness (QED) is 0.778. The monoisotopic (exact) mass is 307 g/mol. The summed E-state index contributed by atoms with van der Waals surface area (Å²) in [6.07, 6.45) is 0.247. The van der Waals surface area contributed by atoms with E-state index in [1.165, 1.54) is 11.8 Å². The molecule has 1 aromatic carbocycles. The lowest BCUT2D eigenvalue weighted by molar-refractivity contribution is -0.119. The van der Waals surface area contributed by atoms with E-state index in [0.717, 1.165) is 17.1 Å². The van der Waals surface area contributed by atoms with E-state index in [9.17, 15) is 9.59 Å². The van der Waals surface area contributed by atoms with Gasteiger partial charge in [0, 0.05) is 23.7 Å². The second-order valence-corrected chi connectivity index (χ2v) is 6.01. The molecule has 0 radical (unpaired) electrons. The lowest BCUT2D eigenvalue weighted by Gasteiger charge is -2.23. The van der Waals surface area contributed by atoms with Crippen molar-refractivity contribution in [2.45, 2.75) is 17.4 Å². The van der Waals surface area contributed by atoms with Crippen LogP contribution in [0, 0.1) is 0 Å². The molecule has 1 unspecified atom stereocenters. The molecule has 1 atom stereocenters. The van der Waals surface area contributed by atoms with E-state index in [0.29, 0.717) is 31.0 Å². The smallest absolute Gasteiger partial charge is 0.234 e. The molecule has 6 nitrogen and oxygen atoms in total. The van der Waals surface area contributed by atoms with Gasteiger partial charge in [0.05, 0.1) is 30.6 Å². The van der Waals surface area contributed by atoms with Crippen molar-refractivity contribution in [3.8, 4) is 0 Å². The van der Waals surface area contributed by atoms with Crippen molar-refractivity contribution in [3.63, 3.8) is 0 Å². The summed E-state index contributed by atoms with van der Waals surface area (Å²) in [4.78, 5) is 24.4. The van der Waals surface area contributed by atoms with Crippen LogP contribution in [-0.2, 0) is 14.3 Å². The number of anilines is 2. The number of carbonyl (C=O) groups is 2. The van der Waals surface area contributed by atoms with Gasteiger partial charge >= 0.3 is 0 Å². The summed E-state index contributed by atoms with van der Waals surface area (Å²) in [7, 11) is 0. The highest BCUT2D eigenvalue weighted by Crippen LogP contribution is 2.33. The molecule has 2 aliphatic heterocycles. The Morgan fingerprint density at radius 1 is 1.48 bits per heavy atom. The minimum atomic E-state index is -0.0848. The van der Waals surface area contributed by atoms with Crippen LogP contribution in [0.2, 0.25) is 0 Å². The van der Waals surface area contributed by atoms with Crippen LogP contribution in [0.15, 0.2) is 23.1 Å². The molecule has 0 spiro atoms. The molecule has 0 aliphatic carbocycles. The van der Waals surface area contributed by atoms with Crippen LogP contribution < -0.4 is 16.0 Å². The van der Waals surface area contributed by atoms with Crippen molar-refractivity contribution in [2.75, 3.05) is 36.1 Å². The van der Waals surface area contributed by atoms with Crippen molar-refractivity contribution in [3.05, 3.63) is 18.2 Å².